The van der Waals surface area contributed by atoms with Crippen LogP contribution in [0.5, 0.6) is 0 Å². The molecule has 0 amide bonds. The fourth-order valence-electron chi connectivity index (χ4n) is 1.68. The van der Waals surface area contributed by atoms with Crippen molar-refractivity contribution in [3.05, 3.63) is 30.5 Å². The molecule has 0 aliphatic rings. The number of fused-ring (bicyclic) bond motifs is 1. The van der Waals surface area contributed by atoms with Gasteiger partial charge in [0.1, 0.15) is 0 Å². The van der Waals surface area contributed by atoms with Crippen molar-refractivity contribution >= 4 is 16.6 Å². The summed E-state index contributed by atoms with van der Waals surface area (Å²) in [6, 6.07) is 8.45. The molecule has 1 aromatic heterocycles. The van der Waals surface area contributed by atoms with Crippen LogP contribution in [0.25, 0.3) is 10.9 Å². The van der Waals surface area contributed by atoms with Gasteiger partial charge < -0.3 is 9.47 Å². The molecule has 2 nitrogen and oxygen atoms in total. The Morgan fingerprint density at radius 1 is 1.15 bits per heavy atom. The fourth-order valence-corrected chi connectivity index (χ4v) is 1.68. The third-order valence-corrected chi connectivity index (χ3v) is 2.36. The van der Waals surface area contributed by atoms with E-state index in [1.165, 1.54) is 16.6 Å². The molecule has 0 fully saturated rings. The standard InChI is InChI=1S/C11H14N2/c1-12(2)11-8-13(3)10-7-5-4-6-9(10)11/h4-8H,1-3H3. The summed E-state index contributed by atoms with van der Waals surface area (Å²) in [6.45, 7) is 0. The fraction of sp³-hybridized carbons (Fsp3) is 0.273. The zero-order valence-corrected chi connectivity index (χ0v) is 8.28. The van der Waals surface area contributed by atoms with Gasteiger partial charge in [-0.25, -0.2) is 0 Å². The first-order chi connectivity index (χ1) is 6.20. The number of rotatable bonds is 1. The maximum atomic E-state index is 2.16. The maximum Gasteiger partial charge on any atom is 0.0620 e. The van der Waals surface area contributed by atoms with Crippen molar-refractivity contribution in [2.45, 2.75) is 0 Å². The largest absolute Gasteiger partial charge is 0.376 e. The van der Waals surface area contributed by atoms with E-state index in [1.54, 1.807) is 0 Å². The Morgan fingerprint density at radius 3 is 2.54 bits per heavy atom. The van der Waals surface area contributed by atoms with Gasteiger partial charge in [0, 0.05) is 38.2 Å². The van der Waals surface area contributed by atoms with E-state index in [2.05, 4.69) is 61.1 Å². The molecule has 0 radical (unpaired) electrons. The monoisotopic (exact) mass is 174 g/mol. The Labute approximate surface area is 78.4 Å². The molecule has 0 bridgehead atoms. The molecule has 0 N–H and O–H groups in total. The van der Waals surface area contributed by atoms with Gasteiger partial charge in [0.05, 0.1) is 5.69 Å². The van der Waals surface area contributed by atoms with Crippen LogP contribution in [0.1, 0.15) is 0 Å². The average molecular weight is 174 g/mol. The average Bonchev–Trinajstić information content (AvgIpc) is 2.45. The molecular formula is C11H14N2. The molecule has 1 aromatic carbocycles. The second-order valence-corrected chi connectivity index (χ2v) is 3.54. The topological polar surface area (TPSA) is 8.17 Å². The summed E-state index contributed by atoms with van der Waals surface area (Å²) in [7, 11) is 6.22. The lowest BCUT2D eigenvalue weighted by molar-refractivity contribution is 0.962. The van der Waals surface area contributed by atoms with E-state index in [0.717, 1.165) is 0 Å². The normalized spacial score (nSPS) is 10.7. The minimum Gasteiger partial charge on any atom is -0.376 e. The van der Waals surface area contributed by atoms with Crippen molar-refractivity contribution in [3.8, 4) is 0 Å². The van der Waals surface area contributed by atoms with Crippen LogP contribution in [-0.2, 0) is 7.05 Å². The molecule has 2 aromatic rings. The van der Waals surface area contributed by atoms with Crippen LogP contribution in [0.2, 0.25) is 0 Å². The van der Waals surface area contributed by atoms with Crippen LogP contribution in [0.15, 0.2) is 30.5 Å². The lowest BCUT2D eigenvalue weighted by Crippen LogP contribution is -2.07. The summed E-state index contributed by atoms with van der Waals surface area (Å²) in [4.78, 5) is 2.14. The van der Waals surface area contributed by atoms with Gasteiger partial charge in [0.2, 0.25) is 0 Å². The third kappa shape index (κ3) is 1.18. The molecule has 0 saturated heterocycles. The Kier molecular flexibility index (Phi) is 1.76. The van der Waals surface area contributed by atoms with Crippen LogP contribution in [0.4, 0.5) is 5.69 Å². The quantitative estimate of drug-likeness (QED) is 0.643. The van der Waals surface area contributed by atoms with Gasteiger partial charge >= 0.3 is 0 Å². The molecule has 2 rings (SSSR count). The minimum absolute atomic E-state index is 1.28. The number of para-hydroxylation sites is 1. The predicted octanol–water partition coefficient (Wildman–Crippen LogP) is 2.24. The number of benzene rings is 1. The number of nitrogens with zero attached hydrogens (tertiary/aromatic N) is 2. The van der Waals surface area contributed by atoms with Gasteiger partial charge in [-0.15, -0.1) is 0 Å². The van der Waals surface area contributed by atoms with Crippen LogP contribution < -0.4 is 4.90 Å². The number of hydrogen-bond donors (Lipinski definition) is 0. The van der Waals surface area contributed by atoms with Gasteiger partial charge in [-0.2, -0.15) is 0 Å². The highest BCUT2D eigenvalue weighted by molar-refractivity contribution is 5.93. The van der Waals surface area contributed by atoms with Crippen molar-refractivity contribution in [1.29, 1.82) is 0 Å². The molecule has 13 heavy (non-hydrogen) atoms. The number of anilines is 1. The summed E-state index contributed by atoms with van der Waals surface area (Å²) >= 11 is 0. The zero-order valence-electron chi connectivity index (χ0n) is 8.28. The van der Waals surface area contributed by atoms with Crippen molar-refractivity contribution in [1.82, 2.24) is 4.57 Å². The van der Waals surface area contributed by atoms with Gasteiger partial charge in [0.15, 0.2) is 0 Å². The predicted molar refractivity (Wildman–Crippen MR) is 57.2 cm³/mol. The molecular weight excluding hydrogens is 160 g/mol. The van der Waals surface area contributed by atoms with E-state index in [1.807, 2.05) is 0 Å². The van der Waals surface area contributed by atoms with E-state index >= 15 is 0 Å². The summed E-state index contributed by atoms with van der Waals surface area (Å²) in [5.41, 5.74) is 2.56. The molecule has 0 saturated carbocycles. The molecule has 68 valence electrons. The zero-order chi connectivity index (χ0) is 9.42. The summed E-state index contributed by atoms with van der Waals surface area (Å²) in [6.07, 6.45) is 2.16. The molecule has 2 heteroatoms. The van der Waals surface area contributed by atoms with Gasteiger partial charge in [-0.3, -0.25) is 0 Å². The van der Waals surface area contributed by atoms with Gasteiger partial charge in [0.25, 0.3) is 0 Å². The highest BCUT2D eigenvalue weighted by atomic mass is 15.1. The smallest absolute Gasteiger partial charge is 0.0620 e. The first-order valence-corrected chi connectivity index (χ1v) is 4.41. The molecule has 0 atom stereocenters. The highest BCUT2D eigenvalue weighted by Gasteiger charge is 2.05. The summed E-state index contributed by atoms with van der Waals surface area (Å²) in [5, 5.41) is 1.31. The molecule has 0 spiro atoms. The lowest BCUT2D eigenvalue weighted by atomic mass is 10.2. The number of hydrogen-bond acceptors (Lipinski definition) is 1. The van der Waals surface area contributed by atoms with Crippen LogP contribution in [0.3, 0.4) is 0 Å². The minimum atomic E-state index is 1.28. The Balaban J connectivity index is 2.78. The van der Waals surface area contributed by atoms with Crippen LogP contribution in [-0.4, -0.2) is 18.7 Å². The van der Waals surface area contributed by atoms with E-state index in [0.29, 0.717) is 0 Å². The third-order valence-electron chi connectivity index (χ3n) is 2.36. The van der Waals surface area contributed by atoms with Crippen LogP contribution in [0, 0.1) is 0 Å². The van der Waals surface area contributed by atoms with Gasteiger partial charge in [-0.05, 0) is 6.07 Å². The second kappa shape index (κ2) is 2.80. The van der Waals surface area contributed by atoms with E-state index in [9.17, 15) is 0 Å². The van der Waals surface area contributed by atoms with Crippen molar-refractivity contribution in [2.75, 3.05) is 19.0 Å². The van der Waals surface area contributed by atoms with Crippen molar-refractivity contribution < 1.29 is 0 Å². The first kappa shape index (κ1) is 8.17. The second-order valence-electron chi connectivity index (χ2n) is 3.54. The maximum absolute atomic E-state index is 2.16. The molecule has 0 aliphatic heterocycles. The highest BCUT2D eigenvalue weighted by Crippen LogP contribution is 2.26. The van der Waals surface area contributed by atoms with Gasteiger partial charge in [-0.1, -0.05) is 18.2 Å². The summed E-state index contributed by atoms with van der Waals surface area (Å²) in [5.74, 6) is 0. The first-order valence-electron chi connectivity index (χ1n) is 4.41. The van der Waals surface area contributed by atoms with Crippen LogP contribution >= 0.6 is 0 Å². The Bertz CT molecular complexity index is 427. The van der Waals surface area contributed by atoms with Crippen molar-refractivity contribution in [2.24, 2.45) is 7.05 Å². The number of aryl methyl sites for hydroxylation is 1. The van der Waals surface area contributed by atoms with E-state index < -0.39 is 0 Å². The Hall–Kier alpha value is -1.44. The Morgan fingerprint density at radius 2 is 1.85 bits per heavy atom. The molecule has 0 aliphatic carbocycles. The lowest BCUT2D eigenvalue weighted by Gasteiger charge is -2.09. The van der Waals surface area contributed by atoms with Crippen molar-refractivity contribution in [3.63, 3.8) is 0 Å². The number of aromatic nitrogens is 1. The van der Waals surface area contributed by atoms with E-state index in [4.69, 9.17) is 0 Å². The molecule has 1 heterocycles. The van der Waals surface area contributed by atoms with E-state index in [-0.39, 0.29) is 0 Å². The SMILES string of the molecule is CN(C)c1cn(C)c2ccccc12. The molecule has 0 unspecified atom stereocenters. The summed E-state index contributed by atoms with van der Waals surface area (Å²) < 4.78 is 2.16.